The second kappa shape index (κ2) is 6.89. The fourth-order valence-electron chi connectivity index (χ4n) is 3.39. The van der Waals surface area contributed by atoms with Crippen LogP contribution in [-0.4, -0.2) is 74.8 Å². The number of aliphatic carboxylic acids is 1. The quantitative estimate of drug-likeness (QED) is 0.393. The van der Waals surface area contributed by atoms with E-state index in [0.29, 0.717) is 5.56 Å². The van der Waals surface area contributed by atoms with Gasteiger partial charge in [0.25, 0.3) is 12.1 Å². The Hall–Kier alpha value is -2.11. The number of rotatable bonds is 3. The first-order valence-corrected chi connectivity index (χ1v) is 8.08. The van der Waals surface area contributed by atoms with Gasteiger partial charge in [-0.05, 0) is 6.07 Å². The molecule has 10 heteroatoms. The average molecular weight is 368 g/mol. The monoisotopic (exact) mass is 368 g/mol. The Bertz CT molecular complexity index is 713. The number of hydrogen-bond acceptors (Lipinski definition) is 8. The van der Waals surface area contributed by atoms with Crippen molar-refractivity contribution in [3.05, 3.63) is 30.1 Å². The van der Waals surface area contributed by atoms with Gasteiger partial charge in [-0.1, -0.05) is 0 Å². The van der Waals surface area contributed by atoms with E-state index >= 15 is 0 Å². The minimum absolute atomic E-state index is 0.191. The zero-order valence-corrected chi connectivity index (χ0v) is 13.9. The van der Waals surface area contributed by atoms with Crippen LogP contribution in [0.2, 0.25) is 0 Å². The molecule has 0 saturated carbocycles. The Morgan fingerprint density at radius 1 is 1.27 bits per heavy atom. The molecule has 0 bridgehead atoms. The first kappa shape index (κ1) is 18.7. The van der Waals surface area contributed by atoms with Crippen molar-refractivity contribution in [1.29, 1.82) is 0 Å². The van der Waals surface area contributed by atoms with E-state index in [4.69, 9.17) is 4.74 Å². The molecule has 1 amide bonds. The molecule has 3 heterocycles. The Kier molecular flexibility index (Phi) is 4.95. The normalized spacial score (nSPS) is 37.8. The number of carbonyl (C=O) groups excluding carboxylic acids is 2. The van der Waals surface area contributed by atoms with Gasteiger partial charge in [-0.3, -0.25) is 4.79 Å². The van der Waals surface area contributed by atoms with Crippen molar-refractivity contribution >= 4 is 11.9 Å². The molecule has 142 valence electrons. The van der Waals surface area contributed by atoms with Gasteiger partial charge in [-0.25, -0.2) is 0 Å². The molecule has 0 radical (unpaired) electrons. The van der Waals surface area contributed by atoms with E-state index < -0.39 is 54.7 Å². The van der Waals surface area contributed by atoms with Crippen molar-refractivity contribution in [2.45, 2.75) is 49.2 Å². The van der Waals surface area contributed by atoms with Crippen LogP contribution in [0.4, 0.5) is 0 Å². The summed E-state index contributed by atoms with van der Waals surface area (Å²) < 4.78 is 6.57. The Balaban J connectivity index is 1.90. The number of aliphatic hydroxyl groups is 4. The lowest BCUT2D eigenvalue weighted by molar-refractivity contribution is -0.777. The number of pyridine rings is 1. The summed E-state index contributed by atoms with van der Waals surface area (Å²) in [4.78, 5) is 24.3. The number of carboxylic acids is 1. The molecule has 1 aromatic heterocycles. The van der Waals surface area contributed by atoms with Crippen LogP contribution in [0.3, 0.4) is 0 Å². The number of aromatic nitrogens is 1. The lowest BCUT2D eigenvalue weighted by Gasteiger charge is -2.37. The molecule has 0 aliphatic carbocycles. The topological polar surface area (TPSA) is 154 Å². The molecule has 2 fully saturated rings. The number of aliphatic hydroxyl groups excluding tert-OH is 4. The van der Waals surface area contributed by atoms with Crippen molar-refractivity contribution in [2.75, 3.05) is 7.05 Å². The summed E-state index contributed by atoms with van der Waals surface area (Å²) in [5.41, 5.74) is 0.626. The van der Waals surface area contributed by atoms with Crippen molar-refractivity contribution in [2.24, 2.45) is 0 Å². The second-order valence-corrected chi connectivity index (χ2v) is 6.54. The number of ether oxygens (including phenoxy) is 1. The van der Waals surface area contributed by atoms with Gasteiger partial charge in [-0.15, -0.1) is 0 Å². The molecule has 10 nitrogen and oxygen atoms in total. The molecule has 2 saturated heterocycles. The smallest absolute Gasteiger partial charge is 0.292 e. The predicted octanol–water partition coefficient (Wildman–Crippen LogP) is -4.03. The number of carbonyl (C=O) groups is 2. The third kappa shape index (κ3) is 3.06. The lowest BCUT2D eigenvalue weighted by atomic mass is 9.97. The first-order chi connectivity index (χ1) is 12.2. The van der Waals surface area contributed by atoms with Crippen LogP contribution >= 0.6 is 0 Å². The maximum atomic E-state index is 11.8. The highest BCUT2D eigenvalue weighted by Gasteiger charge is 2.49. The number of carboxylic acid groups (broad SMARTS) is 1. The third-order valence-electron chi connectivity index (χ3n) is 4.89. The summed E-state index contributed by atoms with van der Waals surface area (Å²) in [5.74, 6) is -2.12. The van der Waals surface area contributed by atoms with Gasteiger partial charge in [0, 0.05) is 25.1 Å². The highest BCUT2D eigenvalue weighted by molar-refractivity contribution is 5.83. The summed E-state index contributed by atoms with van der Waals surface area (Å²) >= 11 is 0. The highest BCUT2D eigenvalue weighted by Crippen LogP contribution is 2.31. The number of hydrogen-bond donors (Lipinski definition) is 4. The fraction of sp³-hybridized carbons (Fsp3) is 0.562. The van der Waals surface area contributed by atoms with Crippen LogP contribution < -0.4 is 9.67 Å². The summed E-state index contributed by atoms with van der Waals surface area (Å²) in [5, 5.41) is 50.7. The van der Waals surface area contributed by atoms with Crippen LogP contribution in [0, 0.1) is 0 Å². The predicted molar refractivity (Wildman–Crippen MR) is 79.7 cm³/mol. The van der Waals surface area contributed by atoms with Crippen LogP contribution in [0.1, 0.15) is 24.3 Å². The van der Waals surface area contributed by atoms with Gasteiger partial charge in [0.2, 0.25) is 0 Å². The van der Waals surface area contributed by atoms with Crippen LogP contribution in [0.15, 0.2) is 24.5 Å². The van der Waals surface area contributed by atoms with Gasteiger partial charge < -0.3 is 40.0 Å². The van der Waals surface area contributed by atoms with Crippen molar-refractivity contribution in [1.82, 2.24) is 4.90 Å². The Morgan fingerprint density at radius 3 is 2.54 bits per heavy atom. The maximum absolute atomic E-state index is 11.8. The largest absolute Gasteiger partial charge is 0.547 e. The standard InChI is InChI=1S/C16H20N2O8/c1-17-8(5-9(19)14(17)23)7-3-2-4-18(6-7)15-12(22)10(20)11(21)13(26-15)16(24)25/h2-4,6,8-13,15,19-22H,5H2,1H3/t8-,9+,10-,11-,12+,13-,15+/m0/s1. The number of nitrogens with zero attached hydrogens (tertiary/aromatic N) is 2. The van der Waals surface area contributed by atoms with Crippen LogP contribution in [-0.2, 0) is 14.3 Å². The zero-order valence-electron chi connectivity index (χ0n) is 13.9. The molecule has 7 atom stereocenters. The van der Waals surface area contributed by atoms with Gasteiger partial charge in [0.15, 0.2) is 18.5 Å². The van der Waals surface area contributed by atoms with Gasteiger partial charge >= 0.3 is 0 Å². The second-order valence-electron chi connectivity index (χ2n) is 6.54. The minimum Gasteiger partial charge on any atom is -0.547 e. The Labute approximate surface area is 148 Å². The summed E-state index contributed by atoms with van der Waals surface area (Å²) in [7, 11) is 1.55. The maximum Gasteiger partial charge on any atom is 0.292 e. The molecule has 2 aliphatic rings. The van der Waals surface area contributed by atoms with Crippen molar-refractivity contribution in [3.8, 4) is 0 Å². The van der Waals surface area contributed by atoms with E-state index in [1.54, 1.807) is 19.2 Å². The third-order valence-corrected chi connectivity index (χ3v) is 4.89. The van der Waals surface area contributed by atoms with Crippen molar-refractivity contribution < 1.29 is 44.4 Å². The fourth-order valence-corrected chi connectivity index (χ4v) is 3.39. The summed E-state index contributed by atoms with van der Waals surface area (Å²) in [6.45, 7) is 0. The number of amides is 1. The van der Waals surface area contributed by atoms with E-state index in [1.807, 2.05) is 0 Å². The molecule has 1 aromatic rings. The molecule has 3 rings (SSSR count). The first-order valence-electron chi connectivity index (χ1n) is 8.08. The van der Waals surface area contributed by atoms with Gasteiger partial charge in [0.05, 0.1) is 12.0 Å². The molecule has 2 aliphatic heterocycles. The van der Waals surface area contributed by atoms with E-state index in [1.165, 1.54) is 21.9 Å². The van der Waals surface area contributed by atoms with E-state index in [9.17, 15) is 35.1 Å². The molecule has 0 unspecified atom stereocenters. The molecular formula is C16H20N2O8. The lowest BCUT2D eigenvalue weighted by Crippen LogP contribution is -2.65. The zero-order chi connectivity index (χ0) is 19.2. The average Bonchev–Trinajstić information content (AvgIpc) is 2.87. The van der Waals surface area contributed by atoms with Crippen molar-refractivity contribution in [3.63, 3.8) is 0 Å². The van der Waals surface area contributed by atoms with Gasteiger partial charge in [-0.2, -0.15) is 4.57 Å². The SMILES string of the molecule is CN1C(=O)[C@H](O)C[C@H]1c1ccc[n+]([C@@H]2O[C@H](C(=O)[O-])[C@@H](O)[C@H](O)[C@H]2O)c1. The molecule has 0 spiro atoms. The molecule has 26 heavy (non-hydrogen) atoms. The Morgan fingerprint density at radius 2 is 1.96 bits per heavy atom. The van der Waals surface area contributed by atoms with E-state index in [0.717, 1.165) is 0 Å². The summed E-state index contributed by atoms with van der Waals surface area (Å²) in [6.07, 6.45) is -6.16. The van der Waals surface area contributed by atoms with Crippen LogP contribution in [0.25, 0.3) is 0 Å². The van der Waals surface area contributed by atoms with E-state index in [-0.39, 0.29) is 6.42 Å². The van der Waals surface area contributed by atoms with Crippen LogP contribution in [0.5, 0.6) is 0 Å². The molecule has 4 N–H and O–H groups in total. The number of likely N-dealkylation sites (tertiary alicyclic amines) is 1. The molecule has 0 aromatic carbocycles. The summed E-state index contributed by atoms with van der Waals surface area (Å²) in [6, 6.07) is 2.90. The number of likely N-dealkylation sites (N-methyl/N-ethyl adjacent to an activating group) is 1. The van der Waals surface area contributed by atoms with Gasteiger partial charge in [0.1, 0.15) is 24.4 Å². The van der Waals surface area contributed by atoms with E-state index in [2.05, 4.69) is 0 Å². The highest BCUT2D eigenvalue weighted by atomic mass is 16.6. The minimum atomic E-state index is -1.83. The molecular weight excluding hydrogens is 348 g/mol.